The van der Waals surface area contributed by atoms with Gasteiger partial charge < -0.3 is 11.5 Å². The number of rotatable bonds is 3. The molecule has 0 spiro atoms. The Kier molecular flexibility index (Phi) is 2.43. The second-order valence-electron chi connectivity index (χ2n) is 2.50. The van der Waals surface area contributed by atoms with E-state index in [9.17, 15) is 4.79 Å². The summed E-state index contributed by atoms with van der Waals surface area (Å²) in [5, 5.41) is 3.61. The van der Waals surface area contributed by atoms with Crippen LogP contribution < -0.4 is 16.9 Å². The van der Waals surface area contributed by atoms with Gasteiger partial charge in [-0.3, -0.25) is 4.79 Å². The summed E-state index contributed by atoms with van der Waals surface area (Å²) in [6, 6.07) is 0. The minimum atomic E-state index is -0.251. The number of amidine groups is 1. The van der Waals surface area contributed by atoms with Crippen LogP contribution in [0, 0.1) is 5.92 Å². The second kappa shape index (κ2) is 3.34. The fraction of sp³-hybridized carbons (Fsp3) is 0.667. The molecule has 0 aliphatic carbocycles. The lowest BCUT2D eigenvalue weighted by Crippen LogP contribution is -2.27. The molecule has 62 valence electrons. The van der Waals surface area contributed by atoms with E-state index in [1.54, 1.807) is 0 Å². The van der Waals surface area contributed by atoms with Gasteiger partial charge in [0.25, 0.3) is 5.91 Å². The molecule has 1 unspecified atom stereocenters. The molecule has 5 N–H and O–H groups in total. The molecule has 5 nitrogen and oxygen atoms in total. The van der Waals surface area contributed by atoms with Crippen LogP contribution in [0.4, 0.5) is 0 Å². The van der Waals surface area contributed by atoms with Crippen LogP contribution in [0.5, 0.6) is 0 Å². The smallest absolute Gasteiger partial charge is 0.250 e. The number of hydrazone groups is 1. The Morgan fingerprint density at radius 3 is 2.82 bits per heavy atom. The lowest BCUT2D eigenvalue weighted by atomic mass is 10.0. The van der Waals surface area contributed by atoms with Gasteiger partial charge in [-0.1, -0.05) is 0 Å². The molecule has 1 aliphatic rings. The molecule has 0 aromatic carbocycles. The number of hydrogen-bond acceptors (Lipinski definition) is 4. The van der Waals surface area contributed by atoms with Gasteiger partial charge in [0.15, 0.2) is 0 Å². The first-order valence-corrected chi connectivity index (χ1v) is 3.58. The number of carbonyl (C=O) groups excluding carboxylic acids is 1. The van der Waals surface area contributed by atoms with E-state index in [0.29, 0.717) is 18.8 Å². The summed E-state index contributed by atoms with van der Waals surface area (Å²) >= 11 is 0. The summed E-state index contributed by atoms with van der Waals surface area (Å²) in [6.07, 6.45) is 1.49. The van der Waals surface area contributed by atoms with Crippen molar-refractivity contribution in [2.24, 2.45) is 22.5 Å². The van der Waals surface area contributed by atoms with Gasteiger partial charge in [-0.2, -0.15) is 5.10 Å². The Labute approximate surface area is 64.8 Å². The van der Waals surface area contributed by atoms with Crippen molar-refractivity contribution >= 4 is 11.7 Å². The number of nitrogens with zero attached hydrogens (tertiary/aromatic N) is 1. The highest BCUT2D eigenvalue weighted by Gasteiger charge is 2.26. The van der Waals surface area contributed by atoms with Crippen molar-refractivity contribution < 1.29 is 4.79 Å². The highest BCUT2D eigenvalue weighted by atomic mass is 16.2. The third-order valence-electron chi connectivity index (χ3n) is 1.67. The van der Waals surface area contributed by atoms with Crippen LogP contribution in [0.25, 0.3) is 0 Å². The first-order valence-electron chi connectivity index (χ1n) is 3.58. The van der Waals surface area contributed by atoms with Crippen molar-refractivity contribution in [3.63, 3.8) is 0 Å². The lowest BCUT2D eigenvalue weighted by molar-refractivity contribution is -0.122. The molecule has 0 aromatic heterocycles. The van der Waals surface area contributed by atoms with E-state index in [2.05, 4.69) is 10.5 Å². The molecule has 0 radical (unpaired) electrons. The molecule has 1 aliphatic heterocycles. The average Bonchev–Trinajstić information content (AvgIpc) is 2.29. The van der Waals surface area contributed by atoms with Crippen molar-refractivity contribution in [1.29, 1.82) is 0 Å². The van der Waals surface area contributed by atoms with Gasteiger partial charge in [0.1, 0.15) is 5.84 Å². The van der Waals surface area contributed by atoms with E-state index in [0.717, 1.165) is 6.42 Å². The molecule has 1 atom stereocenters. The van der Waals surface area contributed by atoms with E-state index in [-0.39, 0.29) is 11.8 Å². The van der Waals surface area contributed by atoms with Crippen LogP contribution in [0.2, 0.25) is 0 Å². The Bertz CT molecular complexity index is 189. The van der Waals surface area contributed by atoms with Crippen molar-refractivity contribution in [3.8, 4) is 0 Å². The number of amides is 1. The summed E-state index contributed by atoms with van der Waals surface area (Å²) in [4.78, 5) is 10.9. The van der Waals surface area contributed by atoms with Crippen LogP contribution in [0.1, 0.15) is 12.8 Å². The predicted molar refractivity (Wildman–Crippen MR) is 41.5 cm³/mol. The molecule has 0 fully saturated rings. The molecule has 1 heterocycles. The maximum absolute atomic E-state index is 10.9. The Morgan fingerprint density at radius 2 is 2.36 bits per heavy atom. The van der Waals surface area contributed by atoms with E-state index < -0.39 is 0 Å². The number of hydrogen-bond donors (Lipinski definition) is 3. The van der Waals surface area contributed by atoms with Crippen LogP contribution in [-0.4, -0.2) is 18.3 Å². The first-order chi connectivity index (χ1) is 5.25. The maximum Gasteiger partial charge on any atom is 0.250 e. The minimum Gasteiger partial charge on any atom is -0.385 e. The summed E-state index contributed by atoms with van der Waals surface area (Å²) in [6.45, 7) is 0.580. The zero-order valence-corrected chi connectivity index (χ0v) is 6.21. The Morgan fingerprint density at radius 1 is 1.64 bits per heavy atom. The molecule has 5 heteroatoms. The first kappa shape index (κ1) is 8.00. The fourth-order valence-corrected chi connectivity index (χ4v) is 1.01. The highest BCUT2D eigenvalue weighted by Crippen LogP contribution is 2.09. The SMILES string of the molecule is NCCCC1C(=O)NN=C1N. The molecule has 1 rings (SSSR count). The second-order valence-corrected chi connectivity index (χ2v) is 2.50. The zero-order chi connectivity index (χ0) is 8.27. The Balaban J connectivity index is 2.43. The van der Waals surface area contributed by atoms with Gasteiger partial charge in [-0.15, -0.1) is 0 Å². The fourth-order valence-electron chi connectivity index (χ4n) is 1.01. The summed E-state index contributed by atoms with van der Waals surface area (Å²) < 4.78 is 0. The number of nitrogens with two attached hydrogens (primary N) is 2. The van der Waals surface area contributed by atoms with E-state index in [1.807, 2.05) is 0 Å². The van der Waals surface area contributed by atoms with Gasteiger partial charge in [-0.25, -0.2) is 5.43 Å². The highest BCUT2D eigenvalue weighted by molar-refractivity contribution is 6.06. The van der Waals surface area contributed by atoms with Crippen LogP contribution in [0.15, 0.2) is 5.10 Å². The topological polar surface area (TPSA) is 93.5 Å². The van der Waals surface area contributed by atoms with Crippen LogP contribution in [0.3, 0.4) is 0 Å². The largest absolute Gasteiger partial charge is 0.385 e. The third-order valence-corrected chi connectivity index (χ3v) is 1.67. The molecule has 1 amide bonds. The van der Waals surface area contributed by atoms with Gasteiger partial charge in [-0.05, 0) is 19.4 Å². The summed E-state index contributed by atoms with van der Waals surface area (Å²) in [5.41, 5.74) is 13.0. The van der Waals surface area contributed by atoms with Crippen molar-refractivity contribution in [2.75, 3.05) is 6.54 Å². The van der Waals surface area contributed by atoms with E-state index in [4.69, 9.17) is 11.5 Å². The van der Waals surface area contributed by atoms with Crippen LogP contribution in [-0.2, 0) is 4.79 Å². The summed E-state index contributed by atoms with van der Waals surface area (Å²) in [5.74, 6) is 0.0120. The number of nitrogens with one attached hydrogen (secondary N) is 1. The summed E-state index contributed by atoms with van der Waals surface area (Å²) in [7, 11) is 0. The standard InChI is InChI=1S/C6H12N4O/c7-3-1-2-4-5(8)9-10-6(4)11/h4H,1-3,7H2,(H2,8,9)(H,10,11). The van der Waals surface area contributed by atoms with Gasteiger partial charge >= 0.3 is 0 Å². The van der Waals surface area contributed by atoms with Gasteiger partial charge in [0, 0.05) is 0 Å². The van der Waals surface area contributed by atoms with Crippen LogP contribution >= 0.6 is 0 Å². The lowest BCUT2D eigenvalue weighted by Gasteiger charge is -2.04. The quantitative estimate of drug-likeness (QED) is 0.476. The zero-order valence-electron chi connectivity index (χ0n) is 6.21. The normalized spacial score (nSPS) is 23.2. The number of carbonyl (C=O) groups is 1. The molecule has 0 aromatic rings. The molecule has 0 saturated heterocycles. The maximum atomic E-state index is 10.9. The van der Waals surface area contributed by atoms with E-state index in [1.165, 1.54) is 0 Å². The molecule has 11 heavy (non-hydrogen) atoms. The van der Waals surface area contributed by atoms with Gasteiger partial charge in [0.2, 0.25) is 0 Å². The minimum absolute atomic E-state index is 0.115. The monoisotopic (exact) mass is 156 g/mol. The third kappa shape index (κ3) is 1.68. The Hall–Kier alpha value is -1.10. The predicted octanol–water partition coefficient (Wildman–Crippen LogP) is -1.26. The molecule has 0 bridgehead atoms. The average molecular weight is 156 g/mol. The molecule has 0 saturated carbocycles. The van der Waals surface area contributed by atoms with Crippen molar-refractivity contribution in [3.05, 3.63) is 0 Å². The van der Waals surface area contributed by atoms with Crippen molar-refractivity contribution in [2.45, 2.75) is 12.8 Å². The molecular weight excluding hydrogens is 144 g/mol. The molecular formula is C6H12N4O. The van der Waals surface area contributed by atoms with Crippen molar-refractivity contribution in [1.82, 2.24) is 5.43 Å². The van der Waals surface area contributed by atoms with Gasteiger partial charge in [0.05, 0.1) is 5.92 Å². The van der Waals surface area contributed by atoms with E-state index >= 15 is 0 Å².